The zero-order valence-electron chi connectivity index (χ0n) is 10.9. The molecule has 2 atom stereocenters. The van der Waals surface area contributed by atoms with Crippen LogP contribution < -0.4 is 0 Å². The van der Waals surface area contributed by atoms with E-state index in [1.54, 1.807) is 11.8 Å². The minimum atomic E-state index is -1.01. The number of hydrogen-bond acceptors (Lipinski definition) is 3. The molecule has 1 N–H and O–H groups in total. The highest BCUT2D eigenvalue weighted by atomic mass is 16.5. The lowest BCUT2D eigenvalue weighted by Crippen LogP contribution is -2.52. The summed E-state index contributed by atoms with van der Waals surface area (Å²) in [6.45, 7) is 8.37. The maximum absolute atomic E-state index is 12.0. The molecule has 0 aliphatic carbocycles. The molecule has 1 amide bonds. The minimum absolute atomic E-state index is 0.00102. The summed E-state index contributed by atoms with van der Waals surface area (Å²) in [6, 6.07) is 0. The van der Waals surface area contributed by atoms with Crippen molar-refractivity contribution in [2.45, 2.75) is 46.3 Å². The number of carbonyl (C=O) groups is 2. The van der Waals surface area contributed by atoms with Crippen LogP contribution in [-0.2, 0) is 14.3 Å². The number of ether oxygens (including phenoxy) is 1. The molecule has 0 saturated carbocycles. The summed E-state index contributed by atoms with van der Waals surface area (Å²) in [5.41, 5.74) is -0.0860. The Morgan fingerprint density at radius 2 is 1.94 bits per heavy atom. The number of morpholine rings is 1. The molecule has 1 aliphatic heterocycles. The minimum Gasteiger partial charge on any atom is -0.479 e. The molecule has 1 unspecified atom stereocenters. The van der Waals surface area contributed by atoms with Crippen LogP contribution in [0.2, 0.25) is 0 Å². The van der Waals surface area contributed by atoms with Crippen LogP contribution in [0.25, 0.3) is 0 Å². The molecule has 5 heteroatoms. The van der Waals surface area contributed by atoms with Gasteiger partial charge in [0.05, 0.1) is 12.6 Å². The maximum Gasteiger partial charge on any atom is 0.334 e. The van der Waals surface area contributed by atoms with Crippen molar-refractivity contribution in [3.8, 4) is 0 Å². The third kappa shape index (κ3) is 4.34. The molecule has 5 nitrogen and oxygen atoms in total. The van der Waals surface area contributed by atoms with Gasteiger partial charge in [0.1, 0.15) is 0 Å². The summed E-state index contributed by atoms with van der Waals surface area (Å²) < 4.78 is 5.26. The quantitative estimate of drug-likeness (QED) is 0.789. The molecular weight excluding hydrogens is 222 g/mol. The van der Waals surface area contributed by atoms with Gasteiger partial charge in [-0.3, -0.25) is 4.79 Å². The number of carboxylic acid groups (broad SMARTS) is 1. The van der Waals surface area contributed by atoms with Gasteiger partial charge < -0.3 is 14.7 Å². The van der Waals surface area contributed by atoms with Gasteiger partial charge in [0.25, 0.3) is 0 Å². The monoisotopic (exact) mass is 243 g/mol. The van der Waals surface area contributed by atoms with Crippen LogP contribution in [0, 0.1) is 5.41 Å². The van der Waals surface area contributed by atoms with E-state index < -0.39 is 12.1 Å². The Hall–Kier alpha value is -1.10. The van der Waals surface area contributed by atoms with E-state index in [0.29, 0.717) is 13.0 Å². The highest BCUT2D eigenvalue weighted by Gasteiger charge is 2.33. The van der Waals surface area contributed by atoms with Crippen molar-refractivity contribution in [1.82, 2.24) is 4.90 Å². The van der Waals surface area contributed by atoms with Gasteiger partial charge in [-0.15, -0.1) is 0 Å². The van der Waals surface area contributed by atoms with E-state index in [1.807, 2.05) is 20.8 Å². The highest BCUT2D eigenvalue weighted by Crippen LogP contribution is 2.21. The number of nitrogens with zero attached hydrogens (tertiary/aromatic N) is 1. The van der Waals surface area contributed by atoms with E-state index >= 15 is 0 Å². The van der Waals surface area contributed by atoms with Crippen molar-refractivity contribution < 1.29 is 19.4 Å². The first-order valence-electron chi connectivity index (χ1n) is 5.85. The molecule has 1 aliphatic rings. The molecule has 1 heterocycles. The van der Waals surface area contributed by atoms with Gasteiger partial charge in [-0.05, 0) is 12.3 Å². The van der Waals surface area contributed by atoms with E-state index in [0.717, 1.165) is 0 Å². The van der Waals surface area contributed by atoms with Crippen LogP contribution in [0.1, 0.15) is 34.1 Å². The molecule has 0 aromatic carbocycles. The second-order valence-electron chi connectivity index (χ2n) is 5.81. The van der Waals surface area contributed by atoms with E-state index in [1.165, 1.54) is 0 Å². The van der Waals surface area contributed by atoms with Crippen molar-refractivity contribution in [2.75, 3.05) is 13.1 Å². The Balaban J connectivity index is 2.64. The second-order valence-corrected chi connectivity index (χ2v) is 5.81. The first-order chi connectivity index (χ1) is 7.69. The first kappa shape index (κ1) is 14.0. The Bertz CT molecular complexity index is 308. The van der Waals surface area contributed by atoms with Gasteiger partial charge >= 0.3 is 5.97 Å². The molecular formula is C12H21NO4. The van der Waals surface area contributed by atoms with Crippen LogP contribution >= 0.6 is 0 Å². The van der Waals surface area contributed by atoms with Gasteiger partial charge in [-0.1, -0.05) is 20.8 Å². The molecule has 17 heavy (non-hydrogen) atoms. The molecule has 0 spiro atoms. The van der Waals surface area contributed by atoms with Crippen LogP contribution in [0.5, 0.6) is 0 Å². The summed E-state index contributed by atoms with van der Waals surface area (Å²) in [6.07, 6.45) is -0.706. The Morgan fingerprint density at radius 3 is 2.41 bits per heavy atom. The molecule has 1 rings (SSSR count). The van der Waals surface area contributed by atoms with Crippen LogP contribution in [0.3, 0.4) is 0 Å². The summed E-state index contributed by atoms with van der Waals surface area (Å²) in [5.74, 6) is -1.01. The average molecular weight is 243 g/mol. The number of amides is 1. The largest absolute Gasteiger partial charge is 0.479 e. The smallest absolute Gasteiger partial charge is 0.334 e. The first-order valence-corrected chi connectivity index (χ1v) is 5.85. The predicted molar refractivity (Wildman–Crippen MR) is 62.6 cm³/mol. The van der Waals surface area contributed by atoms with Crippen molar-refractivity contribution in [3.63, 3.8) is 0 Å². The summed E-state index contributed by atoms with van der Waals surface area (Å²) >= 11 is 0. The zero-order chi connectivity index (χ0) is 13.2. The lowest BCUT2D eigenvalue weighted by atomic mass is 9.91. The maximum atomic E-state index is 12.0. The topological polar surface area (TPSA) is 66.8 Å². The SMILES string of the molecule is C[C@@H]1CN(C(=O)CC(C)(C)C)CC(C(=O)O)O1. The molecule has 0 bridgehead atoms. The van der Waals surface area contributed by atoms with Crippen molar-refractivity contribution in [1.29, 1.82) is 0 Å². The summed E-state index contributed by atoms with van der Waals surface area (Å²) in [5, 5.41) is 8.93. The number of carboxylic acids is 1. The van der Waals surface area contributed by atoms with Gasteiger partial charge in [0.2, 0.25) is 5.91 Å². The Kier molecular flexibility index (Phi) is 4.14. The Labute approximate surface area is 102 Å². The van der Waals surface area contributed by atoms with Crippen LogP contribution in [0.4, 0.5) is 0 Å². The van der Waals surface area contributed by atoms with Gasteiger partial charge in [0, 0.05) is 13.0 Å². The Morgan fingerprint density at radius 1 is 1.35 bits per heavy atom. The van der Waals surface area contributed by atoms with Crippen molar-refractivity contribution in [2.24, 2.45) is 5.41 Å². The molecule has 98 valence electrons. The van der Waals surface area contributed by atoms with Crippen molar-refractivity contribution in [3.05, 3.63) is 0 Å². The fourth-order valence-corrected chi connectivity index (χ4v) is 1.86. The van der Waals surface area contributed by atoms with Crippen molar-refractivity contribution >= 4 is 11.9 Å². The fourth-order valence-electron chi connectivity index (χ4n) is 1.86. The van der Waals surface area contributed by atoms with E-state index in [-0.39, 0.29) is 24.0 Å². The molecule has 1 saturated heterocycles. The van der Waals surface area contributed by atoms with Crippen LogP contribution in [0.15, 0.2) is 0 Å². The number of carbonyl (C=O) groups excluding carboxylic acids is 1. The zero-order valence-corrected chi connectivity index (χ0v) is 10.9. The fraction of sp³-hybridized carbons (Fsp3) is 0.833. The lowest BCUT2D eigenvalue weighted by Gasteiger charge is -2.36. The summed E-state index contributed by atoms with van der Waals surface area (Å²) in [4.78, 5) is 24.5. The second kappa shape index (κ2) is 5.04. The summed E-state index contributed by atoms with van der Waals surface area (Å²) in [7, 11) is 0. The number of hydrogen-bond donors (Lipinski definition) is 1. The normalized spacial score (nSPS) is 25.8. The third-order valence-corrected chi connectivity index (χ3v) is 2.57. The highest BCUT2D eigenvalue weighted by molar-refractivity contribution is 5.79. The van der Waals surface area contributed by atoms with Crippen LogP contribution in [-0.4, -0.2) is 47.2 Å². The third-order valence-electron chi connectivity index (χ3n) is 2.57. The lowest BCUT2D eigenvalue weighted by molar-refractivity contribution is -0.167. The predicted octanol–water partition coefficient (Wildman–Crippen LogP) is 1.12. The van der Waals surface area contributed by atoms with Gasteiger partial charge in [-0.25, -0.2) is 4.79 Å². The van der Waals surface area contributed by atoms with E-state index in [9.17, 15) is 9.59 Å². The standard InChI is InChI=1S/C12H21NO4/c1-8-6-13(7-9(17-8)11(15)16)10(14)5-12(2,3)4/h8-9H,5-7H2,1-4H3,(H,15,16)/t8-,9?/m1/s1. The van der Waals surface area contributed by atoms with E-state index in [2.05, 4.69) is 0 Å². The number of rotatable bonds is 2. The van der Waals surface area contributed by atoms with Gasteiger partial charge in [-0.2, -0.15) is 0 Å². The molecule has 0 radical (unpaired) electrons. The average Bonchev–Trinajstić information content (AvgIpc) is 2.13. The van der Waals surface area contributed by atoms with Gasteiger partial charge in [0.15, 0.2) is 6.10 Å². The molecule has 0 aromatic rings. The van der Waals surface area contributed by atoms with E-state index in [4.69, 9.17) is 9.84 Å². The number of aliphatic carboxylic acids is 1. The molecule has 0 aromatic heterocycles. The molecule has 1 fully saturated rings.